The molecule has 0 aliphatic carbocycles. The van der Waals surface area contributed by atoms with Gasteiger partial charge in [-0.1, -0.05) is 0 Å². The number of aromatic carboxylic acids is 1. The molecule has 0 atom stereocenters. The predicted octanol–water partition coefficient (Wildman–Crippen LogP) is 0.712. The number of halogens is 1. The summed E-state index contributed by atoms with van der Waals surface area (Å²) in [7, 11) is 1.39. The van der Waals surface area contributed by atoms with Gasteiger partial charge in [0.2, 0.25) is 5.91 Å². The Morgan fingerprint density at radius 3 is 2.59 bits per heavy atom. The first-order valence-electron chi connectivity index (χ1n) is 4.49. The number of anilines is 1. The third-order valence-electron chi connectivity index (χ3n) is 1.91. The van der Waals surface area contributed by atoms with Gasteiger partial charge in [0.25, 0.3) is 0 Å². The number of methoxy groups -OCH3 is 1. The zero-order valence-corrected chi connectivity index (χ0v) is 9.91. The first-order chi connectivity index (χ1) is 7.58. The number of nitrogens with two attached hydrogens (primary N) is 1. The second kappa shape index (κ2) is 6.72. The number of nitrogens with one attached hydrogen (secondary N) is 1. The Balaban J connectivity index is 0.00000256. The van der Waals surface area contributed by atoms with Crippen LogP contribution in [0.2, 0.25) is 0 Å². The van der Waals surface area contributed by atoms with Gasteiger partial charge in [0.05, 0.1) is 24.9 Å². The molecule has 17 heavy (non-hydrogen) atoms. The molecule has 0 radical (unpaired) electrons. The van der Waals surface area contributed by atoms with Crippen molar-refractivity contribution in [2.24, 2.45) is 5.73 Å². The van der Waals surface area contributed by atoms with E-state index in [1.807, 2.05) is 0 Å². The molecular weight excluding hydrogens is 248 g/mol. The van der Waals surface area contributed by atoms with Crippen molar-refractivity contribution in [2.45, 2.75) is 0 Å². The molecule has 0 saturated heterocycles. The van der Waals surface area contributed by atoms with Crippen LogP contribution >= 0.6 is 12.4 Å². The van der Waals surface area contributed by atoms with E-state index in [0.29, 0.717) is 5.69 Å². The Hall–Kier alpha value is -1.79. The lowest BCUT2D eigenvalue weighted by atomic mass is 10.2. The molecule has 4 N–H and O–H groups in total. The van der Waals surface area contributed by atoms with Gasteiger partial charge in [-0.15, -0.1) is 12.4 Å². The van der Waals surface area contributed by atoms with Gasteiger partial charge in [0.1, 0.15) is 5.75 Å². The summed E-state index contributed by atoms with van der Waals surface area (Å²) in [6, 6.07) is 4.15. The average molecular weight is 261 g/mol. The van der Waals surface area contributed by atoms with Crippen molar-refractivity contribution in [1.29, 1.82) is 0 Å². The summed E-state index contributed by atoms with van der Waals surface area (Å²) in [5.41, 5.74) is 5.62. The molecule has 1 rings (SSSR count). The van der Waals surface area contributed by atoms with Crippen LogP contribution in [0.5, 0.6) is 5.75 Å². The molecule has 0 fully saturated rings. The summed E-state index contributed by atoms with van der Waals surface area (Å²) in [4.78, 5) is 21.8. The van der Waals surface area contributed by atoms with Crippen molar-refractivity contribution < 1.29 is 19.4 Å². The fourth-order valence-electron chi connectivity index (χ4n) is 1.13. The minimum atomic E-state index is -1.06. The van der Waals surface area contributed by atoms with Crippen LogP contribution in [-0.4, -0.2) is 30.6 Å². The highest BCUT2D eigenvalue weighted by molar-refractivity contribution is 5.95. The molecule has 0 saturated carbocycles. The quantitative estimate of drug-likeness (QED) is 0.740. The second-order valence-corrected chi connectivity index (χ2v) is 2.97. The molecule has 1 aromatic rings. The van der Waals surface area contributed by atoms with Crippen LogP contribution in [0.3, 0.4) is 0 Å². The van der Waals surface area contributed by atoms with Crippen LogP contribution in [0.25, 0.3) is 0 Å². The molecule has 0 aliphatic heterocycles. The topological polar surface area (TPSA) is 102 Å². The van der Waals surface area contributed by atoms with E-state index in [9.17, 15) is 9.59 Å². The van der Waals surface area contributed by atoms with Gasteiger partial charge < -0.3 is 20.9 Å². The van der Waals surface area contributed by atoms with Crippen molar-refractivity contribution in [2.75, 3.05) is 19.0 Å². The molecule has 1 amide bonds. The smallest absolute Gasteiger partial charge is 0.335 e. The van der Waals surface area contributed by atoms with E-state index < -0.39 is 5.97 Å². The molecule has 0 heterocycles. The number of carbonyl (C=O) groups excluding carboxylic acids is 1. The van der Waals surface area contributed by atoms with Crippen LogP contribution in [0.15, 0.2) is 18.2 Å². The van der Waals surface area contributed by atoms with E-state index in [1.165, 1.54) is 25.3 Å². The van der Waals surface area contributed by atoms with Crippen molar-refractivity contribution in [1.82, 2.24) is 0 Å². The minimum absolute atomic E-state index is 0. The maximum atomic E-state index is 11.1. The number of carboxylic acids is 1. The highest BCUT2D eigenvalue weighted by Gasteiger charge is 2.10. The van der Waals surface area contributed by atoms with Gasteiger partial charge in [-0.05, 0) is 18.2 Å². The summed E-state index contributed by atoms with van der Waals surface area (Å²) in [6.07, 6.45) is 0. The van der Waals surface area contributed by atoms with Crippen molar-refractivity contribution >= 4 is 30.0 Å². The third kappa shape index (κ3) is 3.93. The van der Waals surface area contributed by atoms with Gasteiger partial charge in [0, 0.05) is 0 Å². The number of hydrogen-bond acceptors (Lipinski definition) is 4. The normalized spacial score (nSPS) is 9.06. The van der Waals surface area contributed by atoms with E-state index in [2.05, 4.69) is 5.32 Å². The summed E-state index contributed by atoms with van der Waals surface area (Å²) < 4.78 is 4.96. The zero-order valence-electron chi connectivity index (χ0n) is 9.10. The zero-order chi connectivity index (χ0) is 12.1. The van der Waals surface area contributed by atoms with Gasteiger partial charge >= 0.3 is 5.97 Å². The Labute approximate surface area is 104 Å². The molecule has 94 valence electrons. The van der Waals surface area contributed by atoms with Crippen molar-refractivity contribution in [3.05, 3.63) is 23.8 Å². The van der Waals surface area contributed by atoms with Crippen LogP contribution in [-0.2, 0) is 4.79 Å². The van der Waals surface area contributed by atoms with E-state index in [4.69, 9.17) is 15.6 Å². The third-order valence-corrected chi connectivity index (χ3v) is 1.91. The fraction of sp³-hybridized carbons (Fsp3) is 0.200. The molecule has 1 aromatic carbocycles. The molecule has 0 unspecified atom stereocenters. The number of amides is 1. The number of rotatable bonds is 4. The van der Waals surface area contributed by atoms with Gasteiger partial charge in [0.15, 0.2) is 0 Å². The van der Waals surface area contributed by atoms with Gasteiger partial charge in [-0.25, -0.2) is 4.79 Å². The highest BCUT2D eigenvalue weighted by atomic mass is 35.5. The van der Waals surface area contributed by atoms with Crippen LogP contribution in [0, 0.1) is 0 Å². The van der Waals surface area contributed by atoms with Crippen LogP contribution in [0.1, 0.15) is 10.4 Å². The first kappa shape index (κ1) is 15.2. The number of carboxylic acid groups (broad SMARTS) is 1. The Kier molecular flexibility index (Phi) is 6.01. The van der Waals surface area contributed by atoms with E-state index in [1.54, 1.807) is 0 Å². The minimum Gasteiger partial charge on any atom is -0.495 e. The van der Waals surface area contributed by atoms with E-state index in [-0.39, 0.29) is 36.2 Å². The summed E-state index contributed by atoms with van der Waals surface area (Å²) in [6.45, 7) is -0.149. The standard InChI is InChI=1S/C10H12N2O4.ClH/c1-16-8-4-6(10(14)15)2-3-7(8)12-9(13)5-11;/h2-4H,5,11H2,1H3,(H,12,13)(H,14,15);1H. The number of hydrogen-bond donors (Lipinski definition) is 3. The Morgan fingerprint density at radius 2 is 2.12 bits per heavy atom. The molecule has 0 spiro atoms. The maximum absolute atomic E-state index is 11.1. The molecule has 0 bridgehead atoms. The molecule has 6 nitrogen and oxygen atoms in total. The van der Waals surface area contributed by atoms with Gasteiger partial charge in [-0.2, -0.15) is 0 Å². The lowest BCUT2D eigenvalue weighted by Crippen LogP contribution is -2.22. The summed E-state index contributed by atoms with van der Waals surface area (Å²) >= 11 is 0. The SMILES string of the molecule is COc1cc(C(=O)O)ccc1NC(=O)CN.Cl. The fourth-order valence-corrected chi connectivity index (χ4v) is 1.13. The maximum Gasteiger partial charge on any atom is 0.335 e. The molecular formula is C10H13ClN2O4. The van der Waals surface area contributed by atoms with Gasteiger partial charge in [-0.3, -0.25) is 4.79 Å². The molecule has 7 heteroatoms. The Bertz CT molecular complexity index is 423. The Morgan fingerprint density at radius 1 is 1.47 bits per heavy atom. The number of carbonyl (C=O) groups is 2. The molecule has 0 aromatic heterocycles. The van der Waals surface area contributed by atoms with E-state index >= 15 is 0 Å². The summed E-state index contributed by atoms with van der Waals surface area (Å²) in [5.74, 6) is -1.15. The largest absolute Gasteiger partial charge is 0.495 e. The predicted molar refractivity (Wildman–Crippen MR) is 64.9 cm³/mol. The lowest BCUT2D eigenvalue weighted by Gasteiger charge is -2.09. The summed E-state index contributed by atoms with van der Waals surface area (Å²) in [5, 5.41) is 11.3. The average Bonchev–Trinajstić information content (AvgIpc) is 2.29. The van der Waals surface area contributed by atoms with Crippen LogP contribution < -0.4 is 15.8 Å². The second-order valence-electron chi connectivity index (χ2n) is 2.97. The number of benzene rings is 1. The van der Waals surface area contributed by atoms with Crippen LogP contribution in [0.4, 0.5) is 5.69 Å². The number of ether oxygens (including phenoxy) is 1. The highest BCUT2D eigenvalue weighted by Crippen LogP contribution is 2.25. The lowest BCUT2D eigenvalue weighted by molar-refractivity contribution is -0.114. The van der Waals surface area contributed by atoms with E-state index in [0.717, 1.165) is 0 Å². The first-order valence-corrected chi connectivity index (χ1v) is 4.49. The van der Waals surface area contributed by atoms with Crippen molar-refractivity contribution in [3.8, 4) is 5.75 Å². The molecule has 0 aliphatic rings. The van der Waals surface area contributed by atoms with Crippen molar-refractivity contribution in [3.63, 3.8) is 0 Å². The monoisotopic (exact) mass is 260 g/mol.